The van der Waals surface area contributed by atoms with Crippen LogP contribution in [0, 0.1) is 0 Å². The molecular weight excluding hydrogens is 346 g/mol. The number of nitrogens with one attached hydrogen (secondary N) is 1. The standard InChI is InChI=1S/C19H17N5O3/c25-17(20-12-16-22-21-15-7-3-4-9-23(15)16)8-10-24-18(26)11-13-5-1-2-6-14(13)19(24)27/h1-7,9H,8,10-12H2,(H,20,25). The second kappa shape index (κ2) is 6.99. The summed E-state index contributed by atoms with van der Waals surface area (Å²) in [6.07, 6.45) is 2.03. The Morgan fingerprint density at radius 1 is 1.07 bits per heavy atom. The maximum Gasteiger partial charge on any atom is 0.260 e. The Morgan fingerprint density at radius 3 is 2.78 bits per heavy atom. The zero-order valence-electron chi connectivity index (χ0n) is 14.5. The Hall–Kier alpha value is -3.55. The number of imide groups is 1. The third-order valence-electron chi connectivity index (χ3n) is 4.53. The molecule has 3 amide bonds. The first-order valence-corrected chi connectivity index (χ1v) is 8.61. The first-order valence-electron chi connectivity index (χ1n) is 8.61. The number of fused-ring (bicyclic) bond motifs is 2. The van der Waals surface area contributed by atoms with Gasteiger partial charge in [-0.3, -0.25) is 23.7 Å². The number of aromatic nitrogens is 3. The highest BCUT2D eigenvalue weighted by atomic mass is 16.2. The largest absolute Gasteiger partial charge is 0.349 e. The molecule has 8 heteroatoms. The number of carbonyl (C=O) groups is 3. The Balaban J connectivity index is 1.35. The molecule has 3 heterocycles. The van der Waals surface area contributed by atoms with Crippen molar-refractivity contribution in [2.45, 2.75) is 19.4 Å². The first kappa shape index (κ1) is 16.9. The predicted molar refractivity (Wildman–Crippen MR) is 95.6 cm³/mol. The summed E-state index contributed by atoms with van der Waals surface area (Å²) in [5, 5.41) is 10.8. The van der Waals surface area contributed by atoms with Crippen molar-refractivity contribution in [2.24, 2.45) is 0 Å². The molecule has 4 rings (SSSR count). The normalized spacial score (nSPS) is 13.7. The van der Waals surface area contributed by atoms with E-state index < -0.39 is 0 Å². The molecule has 3 aromatic rings. The molecule has 0 atom stereocenters. The minimum absolute atomic E-state index is 0.0381. The third kappa shape index (κ3) is 3.29. The topological polar surface area (TPSA) is 96.7 Å². The van der Waals surface area contributed by atoms with E-state index in [1.54, 1.807) is 28.7 Å². The summed E-state index contributed by atoms with van der Waals surface area (Å²) in [7, 11) is 0. The van der Waals surface area contributed by atoms with Crippen LogP contribution in [-0.4, -0.2) is 43.8 Å². The molecule has 1 aromatic carbocycles. The quantitative estimate of drug-likeness (QED) is 0.681. The SMILES string of the molecule is O=C(CCN1C(=O)Cc2ccccc2C1=O)NCc1nnc2ccccn12. The molecule has 0 spiro atoms. The molecule has 0 saturated heterocycles. The summed E-state index contributed by atoms with van der Waals surface area (Å²) < 4.78 is 1.79. The Kier molecular flexibility index (Phi) is 4.37. The van der Waals surface area contributed by atoms with Crippen LogP contribution in [0.15, 0.2) is 48.7 Å². The predicted octanol–water partition coefficient (Wildman–Crippen LogP) is 0.961. The third-order valence-corrected chi connectivity index (χ3v) is 4.53. The van der Waals surface area contributed by atoms with E-state index in [0.717, 1.165) is 10.5 Å². The molecule has 0 bridgehead atoms. The van der Waals surface area contributed by atoms with E-state index in [-0.39, 0.29) is 43.7 Å². The lowest BCUT2D eigenvalue weighted by Crippen LogP contribution is -2.44. The number of nitrogens with zero attached hydrogens (tertiary/aromatic N) is 4. The van der Waals surface area contributed by atoms with E-state index in [1.165, 1.54) is 0 Å². The first-order chi connectivity index (χ1) is 13.1. The highest BCUT2D eigenvalue weighted by molar-refractivity contribution is 6.09. The lowest BCUT2D eigenvalue weighted by Gasteiger charge is -2.26. The van der Waals surface area contributed by atoms with Gasteiger partial charge in [-0.1, -0.05) is 24.3 Å². The fourth-order valence-corrected chi connectivity index (χ4v) is 3.12. The summed E-state index contributed by atoms with van der Waals surface area (Å²) in [5.41, 5.74) is 1.95. The van der Waals surface area contributed by atoms with Crippen LogP contribution in [0.3, 0.4) is 0 Å². The minimum atomic E-state index is -0.349. The lowest BCUT2D eigenvalue weighted by molar-refractivity contribution is -0.129. The molecular formula is C19H17N5O3. The highest BCUT2D eigenvalue weighted by Crippen LogP contribution is 2.19. The zero-order valence-corrected chi connectivity index (χ0v) is 14.5. The lowest BCUT2D eigenvalue weighted by atomic mass is 9.98. The minimum Gasteiger partial charge on any atom is -0.349 e. The van der Waals surface area contributed by atoms with E-state index >= 15 is 0 Å². The average Bonchev–Trinajstić information content (AvgIpc) is 3.09. The van der Waals surface area contributed by atoms with Crippen molar-refractivity contribution in [2.75, 3.05) is 6.54 Å². The second-order valence-corrected chi connectivity index (χ2v) is 6.26. The monoisotopic (exact) mass is 363 g/mol. The maximum absolute atomic E-state index is 12.5. The molecule has 0 radical (unpaired) electrons. The van der Waals surface area contributed by atoms with E-state index in [2.05, 4.69) is 15.5 Å². The van der Waals surface area contributed by atoms with Gasteiger partial charge in [0.25, 0.3) is 5.91 Å². The van der Waals surface area contributed by atoms with E-state index in [0.29, 0.717) is 17.0 Å². The molecule has 0 saturated carbocycles. The molecule has 8 nitrogen and oxygen atoms in total. The number of hydrogen-bond donors (Lipinski definition) is 1. The van der Waals surface area contributed by atoms with Crippen LogP contribution in [0.1, 0.15) is 28.2 Å². The van der Waals surface area contributed by atoms with Crippen LogP contribution in [0.25, 0.3) is 5.65 Å². The number of pyridine rings is 1. The van der Waals surface area contributed by atoms with Crippen LogP contribution in [0.5, 0.6) is 0 Å². The average molecular weight is 363 g/mol. The molecule has 0 fully saturated rings. The molecule has 0 unspecified atom stereocenters. The molecule has 2 aromatic heterocycles. The number of benzene rings is 1. The van der Waals surface area contributed by atoms with Crippen LogP contribution >= 0.6 is 0 Å². The second-order valence-electron chi connectivity index (χ2n) is 6.26. The van der Waals surface area contributed by atoms with E-state index in [1.807, 2.05) is 24.4 Å². The van der Waals surface area contributed by atoms with Crippen molar-refractivity contribution in [1.29, 1.82) is 0 Å². The van der Waals surface area contributed by atoms with Gasteiger partial charge >= 0.3 is 0 Å². The summed E-state index contributed by atoms with van der Waals surface area (Å²) in [6, 6.07) is 12.6. The number of amides is 3. The zero-order chi connectivity index (χ0) is 18.8. The molecule has 0 aliphatic carbocycles. The van der Waals surface area contributed by atoms with Crippen molar-refractivity contribution in [3.05, 3.63) is 65.6 Å². The number of rotatable bonds is 5. The Morgan fingerprint density at radius 2 is 1.89 bits per heavy atom. The summed E-state index contributed by atoms with van der Waals surface area (Å²) in [4.78, 5) is 38.0. The van der Waals surface area contributed by atoms with Gasteiger partial charge in [-0.2, -0.15) is 0 Å². The van der Waals surface area contributed by atoms with Gasteiger partial charge in [0.2, 0.25) is 11.8 Å². The van der Waals surface area contributed by atoms with Crippen LogP contribution < -0.4 is 5.32 Å². The van der Waals surface area contributed by atoms with Gasteiger partial charge in [0, 0.05) is 24.7 Å². The van der Waals surface area contributed by atoms with Crippen molar-refractivity contribution >= 4 is 23.4 Å². The van der Waals surface area contributed by atoms with Gasteiger partial charge < -0.3 is 5.32 Å². The molecule has 1 aliphatic heterocycles. The van der Waals surface area contributed by atoms with E-state index in [4.69, 9.17) is 0 Å². The van der Waals surface area contributed by atoms with Crippen LogP contribution in [-0.2, 0) is 22.6 Å². The van der Waals surface area contributed by atoms with Crippen molar-refractivity contribution in [3.8, 4) is 0 Å². The summed E-state index contributed by atoms with van der Waals surface area (Å²) >= 11 is 0. The van der Waals surface area contributed by atoms with Gasteiger partial charge in [0.15, 0.2) is 11.5 Å². The summed E-state index contributed by atoms with van der Waals surface area (Å²) in [5.74, 6) is -0.284. The van der Waals surface area contributed by atoms with Crippen molar-refractivity contribution in [1.82, 2.24) is 24.8 Å². The fraction of sp³-hybridized carbons (Fsp3) is 0.211. The fourth-order valence-electron chi connectivity index (χ4n) is 3.12. The van der Waals surface area contributed by atoms with Crippen molar-refractivity contribution in [3.63, 3.8) is 0 Å². The van der Waals surface area contributed by atoms with Gasteiger partial charge in [0.1, 0.15) is 0 Å². The smallest absolute Gasteiger partial charge is 0.260 e. The van der Waals surface area contributed by atoms with Gasteiger partial charge in [-0.05, 0) is 23.8 Å². The Labute approximate surface area is 154 Å². The van der Waals surface area contributed by atoms with E-state index in [9.17, 15) is 14.4 Å². The molecule has 1 aliphatic rings. The molecule has 27 heavy (non-hydrogen) atoms. The number of hydrogen-bond acceptors (Lipinski definition) is 5. The maximum atomic E-state index is 12.5. The van der Waals surface area contributed by atoms with Gasteiger partial charge in [-0.15, -0.1) is 10.2 Å². The van der Waals surface area contributed by atoms with Crippen molar-refractivity contribution < 1.29 is 14.4 Å². The van der Waals surface area contributed by atoms with Gasteiger partial charge in [0.05, 0.1) is 13.0 Å². The molecule has 136 valence electrons. The summed E-state index contributed by atoms with van der Waals surface area (Å²) in [6.45, 7) is 0.271. The van der Waals surface area contributed by atoms with Crippen LogP contribution in [0.4, 0.5) is 0 Å². The highest BCUT2D eigenvalue weighted by Gasteiger charge is 2.30. The Bertz CT molecular complexity index is 1040. The van der Waals surface area contributed by atoms with Gasteiger partial charge in [-0.25, -0.2) is 0 Å². The molecule has 1 N–H and O–H groups in total. The number of carbonyl (C=O) groups excluding carboxylic acids is 3. The van der Waals surface area contributed by atoms with Crippen LogP contribution in [0.2, 0.25) is 0 Å².